The van der Waals surface area contributed by atoms with Gasteiger partial charge in [-0.2, -0.15) is 0 Å². The van der Waals surface area contributed by atoms with E-state index in [4.69, 9.17) is 5.73 Å². The standard InChI is InChI=1S/C15H32N4O/c1-4-14(11-16)19-9-7-18(8-10-19)12-15(20)17-6-5-13(2)3/h13-14H,4-12,16H2,1-3H3,(H,17,20). The second-order valence-electron chi connectivity index (χ2n) is 6.14. The Kier molecular flexibility index (Phi) is 8.11. The smallest absolute Gasteiger partial charge is 0.234 e. The van der Waals surface area contributed by atoms with Crippen molar-refractivity contribution in [1.82, 2.24) is 15.1 Å². The van der Waals surface area contributed by atoms with Gasteiger partial charge >= 0.3 is 0 Å². The third kappa shape index (κ3) is 6.20. The predicted molar refractivity (Wildman–Crippen MR) is 83.6 cm³/mol. The highest BCUT2D eigenvalue weighted by molar-refractivity contribution is 5.77. The molecule has 1 aliphatic rings. The molecule has 118 valence electrons. The maximum absolute atomic E-state index is 11.8. The first-order valence-corrected chi connectivity index (χ1v) is 8.00. The summed E-state index contributed by atoms with van der Waals surface area (Å²) in [5.41, 5.74) is 5.79. The highest BCUT2D eigenvalue weighted by Crippen LogP contribution is 2.08. The number of hydrogen-bond donors (Lipinski definition) is 2. The van der Waals surface area contributed by atoms with Gasteiger partial charge in [-0.3, -0.25) is 14.6 Å². The molecule has 0 radical (unpaired) electrons. The number of nitrogens with one attached hydrogen (secondary N) is 1. The summed E-state index contributed by atoms with van der Waals surface area (Å²) in [6.45, 7) is 12.6. The van der Waals surface area contributed by atoms with Gasteiger partial charge in [0.05, 0.1) is 6.54 Å². The molecule has 1 rings (SSSR count). The molecule has 0 saturated carbocycles. The molecule has 0 aromatic rings. The van der Waals surface area contributed by atoms with E-state index in [1.807, 2.05) is 0 Å². The van der Waals surface area contributed by atoms with Crippen molar-refractivity contribution in [1.29, 1.82) is 0 Å². The molecule has 1 fully saturated rings. The number of nitrogens with zero attached hydrogens (tertiary/aromatic N) is 2. The largest absolute Gasteiger partial charge is 0.355 e. The summed E-state index contributed by atoms with van der Waals surface area (Å²) in [7, 11) is 0. The zero-order valence-electron chi connectivity index (χ0n) is 13.4. The Labute approximate surface area is 123 Å². The van der Waals surface area contributed by atoms with Crippen LogP contribution in [-0.2, 0) is 4.79 Å². The van der Waals surface area contributed by atoms with Crippen molar-refractivity contribution >= 4 is 5.91 Å². The molecule has 0 bridgehead atoms. The van der Waals surface area contributed by atoms with Gasteiger partial charge in [0.15, 0.2) is 0 Å². The van der Waals surface area contributed by atoms with Gasteiger partial charge in [0.2, 0.25) is 5.91 Å². The molecule has 1 aliphatic heterocycles. The van der Waals surface area contributed by atoms with Crippen LogP contribution in [0.25, 0.3) is 0 Å². The molecule has 1 amide bonds. The lowest BCUT2D eigenvalue weighted by Crippen LogP contribution is -2.53. The fraction of sp³-hybridized carbons (Fsp3) is 0.933. The number of rotatable bonds is 8. The highest BCUT2D eigenvalue weighted by atomic mass is 16.2. The van der Waals surface area contributed by atoms with Crippen LogP contribution < -0.4 is 11.1 Å². The summed E-state index contributed by atoms with van der Waals surface area (Å²) in [6.07, 6.45) is 2.15. The molecule has 0 aromatic heterocycles. The zero-order valence-corrected chi connectivity index (χ0v) is 13.4. The maximum Gasteiger partial charge on any atom is 0.234 e. The third-order valence-electron chi connectivity index (χ3n) is 4.08. The first-order valence-electron chi connectivity index (χ1n) is 8.00. The van der Waals surface area contributed by atoms with Crippen molar-refractivity contribution < 1.29 is 4.79 Å². The molecule has 0 aliphatic carbocycles. The van der Waals surface area contributed by atoms with Crippen LogP contribution in [0, 0.1) is 5.92 Å². The summed E-state index contributed by atoms with van der Waals surface area (Å²) in [6, 6.07) is 0.497. The number of piperazine rings is 1. The minimum absolute atomic E-state index is 0.157. The Morgan fingerprint density at radius 1 is 1.25 bits per heavy atom. The van der Waals surface area contributed by atoms with Crippen LogP contribution in [0.1, 0.15) is 33.6 Å². The van der Waals surface area contributed by atoms with Crippen LogP contribution in [-0.4, -0.2) is 67.6 Å². The number of carbonyl (C=O) groups is 1. The van der Waals surface area contributed by atoms with E-state index in [1.54, 1.807) is 0 Å². The Morgan fingerprint density at radius 2 is 1.90 bits per heavy atom. The van der Waals surface area contributed by atoms with Crippen molar-refractivity contribution in [2.24, 2.45) is 11.7 Å². The van der Waals surface area contributed by atoms with Crippen molar-refractivity contribution in [3.63, 3.8) is 0 Å². The number of nitrogens with two attached hydrogens (primary N) is 1. The van der Waals surface area contributed by atoms with E-state index in [2.05, 4.69) is 35.9 Å². The Balaban J connectivity index is 2.20. The molecule has 1 atom stereocenters. The number of amides is 1. The van der Waals surface area contributed by atoms with Gasteiger partial charge < -0.3 is 11.1 Å². The Morgan fingerprint density at radius 3 is 2.40 bits per heavy atom. The lowest BCUT2D eigenvalue weighted by atomic mass is 10.1. The molecule has 0 aromatic carbocycles. The Hall–Kier alpha value is -0.650. The SMILES string of the molecule is CCC(CN)N1CCN(CC(=O)NCCC(C)C)CC1. The molecule has 20 heavy (non-hydrogen) atoms. The van der Waals surface area contributed by atoms with Crippen LogP contribution in [0.5, 0.6) is 0 Å². The zero-order chi connectivity index (χ0) is 15.0. The van der Waals surface area contributed by atoms with Gasteiger partial charge in [0, 0.05) is 45.3 Å². The molecule has 3 N–H and O–H groups in total. The van der Waals surface area contributed by atoms with Gasteiger partial charge in [-0.15, -0.1) is 0 Å². The predicted octanol–water partition coefficient (Wildman–Crippen LogP) is 0.504. The fourth-order valence-electron chi connectivity index (χ4n) is 2.62. The first kappa shape index (κ1) is 17.4. The molecular weight excluding hydrogens is 252 g/mol. The van der Waals surface area contributed by atoms with Gasteiger partial charge in [-0.05, 0) is 18.8 Å². The quantitative estimate of drug-likeness (QED) is 0.681. The van der Waals surface area contributed by atoms with Crippen molar-refractivity contribution in [2.75, 3.05) is 45.8 Å². The summed E-state index contributed by atoms with van der Waals surface area (Å²) in [5, 5.41) is 3.00. The van der Waals surface area contributed by atoms with Crippen molar-refractivity contribution in [3.8, 4) is 0 Å². The second-order valence-corrected chi connectivity index (χ2v) is 6.14. The normalized spacial score (nSPS) is 19.2. The monoisotopic (exact) mass is 284 g/mol. The average molecular weight is 284 g/mol. The first-order chi connectivity index (χ1) is 9.56. The molecule has 5 heteroatoms. The van der Waals surface area contributed by atoms with Gasteiger partial charge in [0.25, 0.3) is 0 Å². The maximum atomic E-state index is 11.8. The van der Waals surface area contributed by atoms with Gasteiger partial charge in [-0.1, -0.05) is 20.8 Å². The molecule has 5 nitrogen and oxygen atoms in total. The average Bonchev–Trinajstić information content (AvgIpc) is 2.41. The topological polar surface area (TPSA) is 61.6 Å². The van der Waals surface area contributed by atoms with Crippen LogP contribution in [0.2, 0.25) is 0 Å². The summed E-state index contributed by atoms with van der Waals surface area (Å²) in [5.74, 6) is 0.797. The summed E-state index contributed by atoms with van der Waals surface area (Å²) >= 11 is 0. The van der Waals surface area contributed by atoms with E-state index >= 15 is 0 Å². The van der Waals surface area contributed by atoms with Crippen molar-refractivity contribution in [2.45, 2.75) is 39.7 Å². The lowest BCUT2D eigenvalue weighted by Gasteiger charge is -2.38. The van der Waals surface area contributed by atoms with Crippen LogP contribution >= 0.6 is 0 Å². The van der Waals surface area contributed by atoms with Gasteiger partial charge in [-0.25, -0.2) is 0 Å². The second kappa shape index (κ2) is 9.32. The molecule has 1 heterocycles. The Bertz CT molecular complexity index is 271. The molecule has 1 saturated heterocycles. The van der Waals surface area contributed by atoms with E-state index < -0.39 is 0 Å². The summed E-state index contributed by atoms with van der Waals surface area (Å²) in [4.78, 5) is 16.5. The molecule has 1 unspecified atom stereocenters. The number of hydrogen-bond acceptors (Lipinski definition) is 4. The molecule has 0 spiro atoms. The number of carbonyl (C=O) groups excluding carboxylic acids is 1. The summed E-state index contributed by atoms with van der Waals surface area (Å²) < 4.78 is 0. The van der Waals surface area contributed by atoms with Crippen molar-refractivity contribution in [3.05, 3.63) is 0 Å². The van der Waals surface area contributed by atoms with E-state index in [9.17, 15) is 4.79 Å². The van der Waals surface area contributed by atoms with Crippen LogP contribution in [0.4, 0.5) is 0 Å². The lowest BCUT2D eigenvalue weighted by molar-refractivity contribution is -0.122. The van der Waals surface area contributed by atoms with E-state index in [0.717, 1.165) is 52.1 Å². The van der Waals surface area contributed by atoms with E-state index in [1.165, 1.54) is 0 Å². The van der Waals surface area contributed by atoms with E-state index in [0.29, 0.717) is 18.5 Å². The minimum Gasteiger partial charge on any atom is -0.355 e. The molecular formula is C15H32N4O. The highest BCUT2D eigenvalue weighted by Gasteiger charge is 2.22. The van der Waals surface area contributed by atoms with Gasteiger partial charge in [0.1, 0.15) is 0 Å². The minimum atomic E-state index is 0.157. The fourth-order valence-corrected chi connectivity index (χ4v) is 2.62. The third-order valence-corrected chi connectivity index (χ3v) is 4.08. The van der Waals surface area contributed by atoms with Crippen LogP contribution in [0.15, 0.2) is 0 Å². The van der Waals surface area contributed by atoms with Crippen LogP contribution in [0.3, 0.4) is 0 Å². The van der Waals surface area contributed by atoms with E-state index in [-0.39, 0.29) is 5.91 Å².